The number of hydrogen-bond acceptors (Lipinski definition) is 7. The summed E-state index contributed by atoms with van der Waals surface area (Å²) in [4.78, 5) is 11.5. The van der Waals surface area contributed by atoms with Crippen molar-refractivity contribution < 1.29 is 33.2 Å². The van der Waals surface area contributed by atoms with Gasteiger partial charge in [-0.2, -0.15) is 0 Å². The smallest absolute Gasteiger partial charge is 0.305 e. The van der Waals surface area contributed by atoms with E-state index in [2.05, 4.69) is 6.92 Å². The third-order valence-corrected chi connectivity index (χ3v) is 4.65. The van der Waals surface area contributed by atoms with Gasteiger partial charge in [0.25, 0.3) is 0 Å². The zero-order valence-electron chi connectivity index (χ0n) is 19.6. The summed E-state index contributed by atoms with van der Waals surface area (Å²) in [5.41, 5.74) is 0. The second kappa shape index (κ2) is 27.6. The van der Waals surface area contributed by atoms with Crippen LogP contribution in [0.3, 0.4) is 0 Å². The molecule has 0 fully saturated rings. The molecule has 31 heavy (non-hydrogen) atoms. The van der Waals surface area contributed by atoms with E-state index in [1.807, 2.05) is 0 Å². The van der Waals surface area contributed by atoms with E-state index >= 15 is 0 Å². The third-order valence-electron chi connectivity index (χ3n) is 4.39. The highest BCUT2D eigenvalue weighted by atomic mass is 35.5. The van der Waals surface area contributed by atoms with Gasteiger partial charge in [0.1, 0.15) is 6.61 Å². The third kappa shape index (κ3) is 27.5. The normalized spacial score (nSPS) is 11.2. The largest absolute Gasteiger partial charge is 0.463 e. The minimum atomic E-state index is -0.140. The summed E-state index contributed by atoms with van der Waals surface area (Å²) in [5.74, 6) is 0.606. The van der Waals surface area contributed by atoms with E-state index in [0.717, 1.165) is 44.6 Å². The molecule has 0 aliphatic rings. The van der Waals surface area contributed by atoms with E-state index in [-0.39, 0.29) is 5.97 Å². The summed E-state index contributed by atoms with van der Waals surface area (Å²) >= 11 is 5.63. The van der Waals surface area contributed by atoms with Crippen molar-refractivity contribution in [3.8, 4) is 0 Å². The molecule has 0 heterocycles. The SMILES string of the molecule is CCCCCCC(=O)OCCOCCOCCOCCOCCOCCCCCCCl. The van der Waals surface area contributed by atoms with Crippen molar-refractivity contribution in [1.29, 1.82) is 0 Å². The molecular weight excluding hydrogens is 424 g/mol. The van der Waals surface area contributed by atoms with Crippen LogP contribution in [0.4, 0.5) is 0 Å². The molecule has 7 nitrogen and oxygen atoms in total. The minimum Gasteiger partial charge on any atom is -0.463 e. The lowest BCUT2D eigenvalue weighted by atomic mass is 10.2. The van der Waals surface area contributed by atoms with Gasteiger partial charge in [0.05, 0.1) is 59.5 Å². The van der Waals surface area contributed by atoms with Crippen molar-refractivity contribution in [2.75, 3.05) is 78.6 Å². The number of esters is 1. The molecule has 0 rings (SSSR count). The molecule has 186 valence electrons. The fourth-order valence-electron chi connectivity index (χ4n) is 2.62. The fourth-order valence-corrected chi connectivity index (χ4v) is 2.81. The Balaban J connectivity index is 3.07. The zero-order chi connectivity index (χ0) is 22.7. The Kier molecular flexibility index (Phi) is 27.2. The van der Waals surface area contributed by atoms with Gasteiger partial charge in [0.2, 0.25) is 0 Å². The van der Waals surface area contributed by atoms with Crippen molar-refractivity contribution in [2.24, 2.45) is 0 Å². The van der Waals surface area contributed by atoms with Gasteiger partial charge < -0.3 is 28.4 Å². The van der Waals surface area contributed by atoms with Gasteiger partial charge in [-0.1, -0.05) is 39.0 Å². The molecule has 0 atom stereocenters. The quantitative estimate of drug-likeness (QED) is 0.106. The van der Waals surface area contributed by atoms with Crippen LogP contribution in [0.25, 0.3) is 0 Å². The number of rotatable bonds is 26. The molecule has 8 heteroatoms. The van der Waals surface area contributed by atoms with Crippen LogP contribution >= 0.6 is 11.6 Å². The number of carbonyl (C=O) groups is 1. The highest BCUT2D eigenvalue weighted by Crippen LogP contribution is 2.03. The first-order valence-corrected chi connectivity index (χ1v) is 12.4. The lowest BCUT2D eigenvalue weighted by Crippen LogP contribution is -2.15. The van der Waals surface area contributed by atoms with Crippen molar-refractivity contribution >= 4 is 17.6 Å². The Morgan fingerprint density at radius 1 is 0.548 bits per heavy atom. The molecule has 0 aliphatic carbocycles. The first kappa shape index (κ1) is 30.6. The number of hydrogen-bond donors (Lipinski definition) is 0. The second-order valence-electron chi connectivity index (χ2n) is 7.20. The summed E-state index contributed by atoms with van der Waals surface area (Å²) in [6.07, 6.45) is 9.33. The first-order valence-electron chi connectivity index (χ1n) is 11.9. The van der Waals surface area contributed by atoms with E-state index in [1.54, 1.807) is 0 Å². The Labute approximate surface area is 194 Å². The molecule has 0 aliphatic heterocycles. The highest BCUT2D eigenvalue weighted by molar-refractivity contribution is 6.17. The second-order valence-corrected chi connectivity index (χ2v) is 7.57. The van der Waals surface area contributed by atoms with Gasteiger partial charge in [-0.3, -0.25) is 4.79 Å². The molecule has 0 N–H and O–H groups in total. The fraction of sp³-hybridized carbons (Fsp3) is 0.957. The van der Waals surface area contributed by atoms with Crippen molar-refractivity contribution in [1.82, 2.24) is 0 Å². The lowest BCUT2D eigenvalue weighted by molar-refractivity contribution is -0.145. The molecular formula is C23H45ClO7. The summed E-state index contributed by atoms with van der Waals surface area (Å²) in [6.45, 7) is 7.96. The molecule has 0 radical (unpaired) electrons. The van der Waals surface area contributed by atoms with Crippen molar-refractivity contribution in [2.45, 2.75) is 64.7 Å². The molecule has 0 aromatic heterocycles. The van der Waals surface area contributed by atoms with Crippen LogP contribution in [0.1, 0.15) is 64.7 Å². The monoisotopic (exact) mass is 468 g/mol. The topological polar surface area (TPSA) is 72.5 Å². The predicted octanol–water partition coefficient (Wildman–Crippen LogP) is 4.38. The number of carbonyl (C=O) groups excluding carboxylic acids is 1. The Hall–Kier alpha value is -0.440. The summed E-state index contributed by atoms with van der Waals surface area (Å²) < 4.78 is 32.3. The standard InChI is InChI=1S/C23H45ClO7/c1-2-3-4-7-10-23(25)31-22-21-30-20-19-29-18-17-28-16-15-27-14-13-26-12-9-6-5-8-11-24/h2-22H2,1H3. The summed E-state index contributed by atoms with van der Waals surface area (Å²) in [7, 11) is 0. The van der Waals surface area contributed by atoms with E-state index in [1.165, 1.54) is 19.3 Å². The van der Waals surface area contributed by atoms with Crippen LogP contribution < -0.4 is 0 Å². The predicted molar refractivity (Wildman–Crippen MR) is 123 cm³/mol. The first-order chi connectivity index (χ1) is 15.3. The van der Waals surface area contributed by atoms with E-state index < -0.39 is 0 Å². The van der Waals surface area contributed by atoms with Crippen molar-refractivity contribution in [3.05, 3.63) is 0 Å². The van der Waals surface area contributed by atoms with Gasteiger partial charge in [0, 0.05) is 18.9 Å². The van der Waals surface area contributed by atoms with E-state index in [0.29, 0.717) is 72.5 Å². The van der Waals surface area contributed by atoms with E-state index in [9.17, 15) is 4.79 Å². The number of unbranched alkanes of at least 4 members (excludes halogenated alkanes) is 6. The molecule has 0 saturated heterocycles. The molecule has 0 aromatic rings. The van der Waals surface area contributed by atoms with Gasteiger partial charge in [-0.15, -0.1) is 11.6 Å². The molecule has 0 spiro atoms. The molecule has 0 unspecified atom stereocenters. The average molecular weight is 469 g/mol. The Morgan fingerprint density at radius 2 is 1.00 bits per heavy atom. The van der Waals surface area contributed by atoms with Crippen LogP contribution in [0.2, 0.25) is 0 Å². The van der Waals surface area contributed by atoms with Crippen LogP contribution in [0, 0.1) is 0 Å². The number of ether oxygens (including phenoxy) is 6. The van der Waals surface area contributed by atoms with Crippen LogP contribution in [-0.4, -0.2) is 84.5 Å². The van der Waals surface area contributed by atoms with Crippen LogP contribution in [0.15, 0.2) is 0 Å². The maximum Gasteiger partial charge on any atom is 0.305 e. The maximum absolute atomic E-state index is 11.5. The van der Waals surface area contributed by atoms with Gasteiger partial charge >= 0.3 is 5.97 Å². The number of halogens is 1. The lowest BCUT2D eigenvalue weighted by Gasteiger charge is -2.08. The molecule has 0 aromatic carbocycles. The van der Waals surface area contributed by atoms with Gasteiger partial charge in [0.15, 0.2) is 0 Å². The highest BCUT2D eigenvalue weighted by Gasteiger charge is 2.02. The minimum absolute atomic E-state index is 0.140. The maximum atomic E-state index is 11.5. The summed E-state index contributed by atoms with van der Waals surface area (Å²) in [6, 6.07) is 0. The van der Waals surface area contributed by atoms with Crippen molar-refractivity contribution in [3.63, 3.8) is 0 Å². The van der Waals surface area contributed by atoms with Gasteiger partial charge in [-0.05, 0) is 19.3 Å². The Bertz CT molecular complexity index is 359. The zero-order valence-corrected chi connectivity index (χ0v) is 20.3. The van der Waals surface area contributed by atoms with Gasteiger partial charge in [-0.25, -0.2) is 0 Å². The molecule has 0 saturated carbocycles. The van der Waals surface area contributed by atoms with Crippen LogP contribution in [0.5, 0.6) is 0 Å². The Morgan fingerprint density at radius 3 is 1.52 bits per heavy atom. The van der Waals surface area contributed by atoms with Crippen LogP contribution in [-0.2, 0) is 33.2 Å². The van der Waals surface area contributed by atoms with E-state index in [4.69, 9.17) is 40.0 Å². The molecule has 0 bridgehead atoms. The summed E-state index contributed by atoms with van der Waals surface area (Å²) in [5, 5.41) is 0. The number of alkyl halides is 1. The molecule has 0 amide bonds. The average Bonchev–Trinajstić information content (AvgIpc) is 2.77.